The van der Waals surface area contributed by atoms with Crippen LogP contribution in [0.15, 0.2) is 72.8 Å². The first kappa shape index (κ1) is 16.8. The Labute approximate surface area is 155 Å². The van der Waals surface area contributed by atoms with Gasteiger partial charge in [0.1, 0.15) is 0 Å². The Bertz CT molecular complexity index is 849. The molecule has 1 N–H and O–H groups in total. The predicted octanol–water partition coefficient (Wildman–Crippen LogP) is 3.51. The number of hydrogen-bond acceptors (Lipinski definition) is 2. The van der Waals surface area contributed by atoms with E-state index in [1.807, 2.05) is 0 Å². The zero-order valence-electron chi connectivity index (χ0n) is 14.1. The Morgan fingerprint density at radius 2 is 1.72 bits per heavy atom. The van der Waals surface area contributed by atoms with Gasteiger partial charge in [-0.25, -0.2) is 0 Å². The molecule has 128 valence electrons. The second-order valence-corrected chi connectivity index (χ2v) is 8.92. The quantitative estimate of drug-likeness (QED) is 0.668. The van der Waals surface area contributed by atoms with Crippen LogP contribution in [0.2, 0.25) is 5.32 Å². The average Bonchev–Trinajstić information content (AvgIpc) is 3.12. The summed E-state index contributed by atoms with van der Waals surface area (Å²) in [5.41, 5.74) is 0.979. The molecule has 4 rings (SSSR count). The molecule has 0 radical (unpaired) electrons. The van der Waals surface area contributed by atoms with Crippen LogP contribution in [0.3, 0.4) is 0 Å². The number of aliphatic hydroxyl groups is 1. The Morgan fingerprint density at radius 1 is 0.960 bits per heavy atom. The van der Waals surface area contributed by atoms with Gasteiger partial charge in [-0.15, -0.1) is 0 Å². The fourth-order valence-corrected chi connectivity index (χ4v) is 5.90. The van der Waals surface area contributed by atoms with Crippen molar-refractivity contribution >= 4 is 30.2 Å². The van der Waals surface area contributed by atoms with Gasteiger partial charge < -0.3 is 0 Å². The number of hydrogen-bond donors (Lipinski definition) is 1. The van der Waals surface area contributed by atoms with Crippen LogP contribution >= 0.6 is 0 Å². The van der Waals surface area contributed by atoms with Crippen molar-refractivity contribution in [2.75, 3.05) is 13.2 Å². The molecule has 1 aliphatic rings. The molecule has 2 atom stereocenters. The van der Waals surface area contributed by atoms with Crippen molar-refractivity contribution in [2.45, 2.75) is 17.3 Å². The van der Waals surface area contributed by atoms with E-state index < -0.39 is 0 Å². The Kier molecular flexibility index (Phi) is 4.91. The third-order valence-electron chi connectivity index (χ3n) is 4.96. The molecule has 0 aliphatic carbocycles. The van der Waals surface area contributed by atoms with Gasteiger partial charge in [0.15, 0.2) is 0 Å². The van der Waals surface area contributed by atoms with Gasteiger partial charge in [0.05, 0.1) is 0 Å². The maximum absolute atomic E-state index is 9.63. The number of fused-ring (bicyclic) bond motifs is 1. The van der Waals surface area contributed by atoms with Gasteiger partial charge in [0.25, 0.3) is 0 Å². The van der Waals surface area contributed by atoms with Crippen molar-refractivity contribution in [1.29, 1.82) is 0 Å². The summed E-state index contributed by atoms with van der Waals surface area (Å²) in [5.74, 6) is 0.234. The van der Waals surface area contributed by atoms with E-state index in [1.165, 1.54) is 20.8 Å². The third-order valence-corrected chi connectivity index (χ3v) is 7.51. The molecule has 1 fully saturated rings. The fourth-order valence-electron chi connectivity index (χ4n) is 3.55. The summed E-state index contributed by atoms with van der Waals surface area (Å²) in [7, 11) is 0. The zero-order chi connectivity index (χ0) is 17.1. The van der Waals surface area contributed by atoms with Gasteiger partial charge in [-0.05, 0) is 0 Å². The summed E-state index contributed by atoms with van der Waals surface area (Å²) >= 11 is 0.344. The Balaban J connectivity index is 1.67. The van der Waals surface area contributed by atoms with Gasteiger partial charge >= 0.3 is 155 Å². The van der Waals surface area contributed by atoms with E-state index in [9.17, 15) is 5.11 Å². The molecular weight excluding hydrogens is 375 g/mol. The number of rotatable bonds is 5. The van der Waals surface area contributed by atoms with Crippen molar-refractivity contribution in [2.24, 2.45) is 5.92 Å². The summed E-state index contributed by atoms with van der Waals surface area (Å²) in [6, 6.07) is 25.8. The van der Waals surface area contributed by atoms with Crippen LogP contribution in [0.1, 0.15) is 12.0 Å². The minimum absolute atomic E-state index is 0.202. The molecule has 2 nitrogen and oxygen atoms in total. The Morgan fingerprint density at radius 3 is 2.48 bits per heavy atom. The first-order chi connectivity index (χ1) is 12.3. The Hall–Kier alpha value is -1.64. The number of benzene rings is 3. The molecule has 0 amide bonds. The van der Waals surface area contributed by atoms with Crippen LogP contribution in [0.4, 0.5) is 0 Å². The summed E-state index contributed by atoms with van der Waals surface area (Å²) in [6.07, 6.45) is 0.899. The molecule has 3 aromatic rings. The summed E-state index contributed by atoms with van der Waals surface area (Å²) in [5, 5.41) is 13.1. The molecule has 3 aromatic carbocycles. The standard InChI is InChI=1S/C22H22O2Se/c23-14-17-13-22(24-15-17,16-25-21-8-2-1-3-9-21)20-11-10-18-6-4-5-7-19(18)12-20/h1-12,17,23H,13-16H2/t17-,22+/m1/s1. The first-order valence-electron chi connectivity index (χ1n) is 8.71. The van der Waals surface area contributed by atoms with Crippen molar-refractivity contribution in [3.63, 3.8) is 0 Å². The molecular formula is C22H22O2Se. The molecule has 0 saturated carbocycles. The van der Waals surface area contributed by atoms with Gasteiger partial charge in [-0.2, -0.15) is 0 Å². The molecule has 0 aromatic heterocycles. The van der Waals surface area contributed by atoms with Crippen LogP contribution < -0.4 is 4.46 Å². The van der Waals surface area contributed by atoms with Crippen molar-refractivity contribution in [3.8, 4) is 0 Å². The van der Waals surface area contributed by atoms with E-state index in [0.29, 0.717) is 21.6 Å². The second-order valence-electron chi connectivity index (χ2n) is 6.72. The van der Waals surface area contributed by atoms with Gasteiger partial charge in [0, 0.05) is 0 Å². The molecule has 1 saturated heterocycles. The van der Waals surface area contributed by atoms with E-state index in [4.69, 9.17) is 4.74 Å². The van der Waals surface area contributed by atoms with E-state index >= 15 is 0 Å². The van der Waals surface area contributed by atoms with Crippen LogP contribution in [-0.4, -0.2) is 33.3 Å². The molecule has 25 heavy (non-hydrogen) atoms. The van der Waals surface area contributed by atoms with E-state index in [0.717, 1.165) is 11.7 Å². The van der Waals surface area contributed by atoms with Crippen LogP contribution in [-0.2, 0) is 10.3 Å². The average molecular weight is 397 g/mol. The third kappa shape index (κ3) is 3.51. The molecule has 3 heteroatoms. The van der Waals surface area contributed by atoms with E-state index in [1.54, 1.807) is 0 Å². The van der Waals surface area contributed by atoms with E-state index in [-0.39, 0.29) is 18.1 Å². The monoisotopic (exact) mass is 398 g/mol. The normalized spacial score (nSPS) is 23.2. The van der Waals surface area contributed by atoms with Gasteiger partial charge in [0.2, 0.25) is 0 Å². The van der Waals surface area contributed by atoms with E-state index in [2.05, 4.69) is 72.8 Å². The molecule has 0 unspecified atom stereocenters. The molecule has 0 spiro atoms. The SMILES string of the molecule is OC[C@@H]1CO[C@@](C[Se]c2ccccc2)(c2ccc3ccccc3c2)C1. The van der Waals surface area contributed by atoms with Crippen LogP contribution in [0, 0.1) is 5.92 Å². The number of aliphatic hydroxyl groups excluding tert-OH is 1. The second kappa shape index (κ2) is 7.31. The van der Waals surface area contributed by atoms with Crippen molar-refractivity contribution in [3.05, 3.63) is 78.4 Å². The minimum atomic E-state index is -0.271. The maximum atomic E-state index is 9.63. The molecule has 1 heterocycles. The predicted molar refractivity (Wildman–Crippen MR) is 103 cm³/mol. The topological polar surface area (TPSA) is 29.5 Å². The van der Waals surface area contributed by atoms with Crippen LogP contribution in [0.25, 0.3) is 10.8 Å². The number of ether oxygens (including phenoxy) is 1. The van der Waals surface area contributed by atoms with Gasteiger partial charge in [-0.1, -0.05) is 0 Å². The fraction of sp³-hybridized carbons (Fsp3) is 0.273. The van der Waals surface area contributed by atoms with Gasteiger partial charge in [-0.3, -0.25) is 0 Å². The van der Waals surface area contributed by atoms with Crippen molar-refractivity contribution < 1.29 is 9.84 Å². The summed E-state index contributed by atoms with van der Waals surface area (Å²) < 4.78 is 7.75. The summed E-state index contributed by atoms with van der Waals surface area (Å²) in [6.45, 7) is 0.849. The zero-order valence-corrected chi connectivity index (χ0v) is 15.8. The first-order valence-corrected chi connectivity index (χ1v) is 10.8. The molecule has 1 aliphatic heterocycles. The summed E-state index contributed by atoms with van der Waals surface area (Å²) in [4.78, 5) is 0. The van der Waals surface area contributed by atoms with Crippen LogP contribution in [0.5, 0.6) is 0 Å². The van der Waals surface area contributed by atoms with Crippen molar-refractivity contribution in [1.82, 2.24) is 0 Å². The molecule has 0 bridgehead atoms.